The molecule has 0 saturated carbocycles. The minimum absolute atomic E-state index is 0.108. The van der Waals surface area contributed by atoms with E-state index >= 15 is 0 Å². The molecule has 2 saturated heterocycles. The molecule has 11 nitrogen and oxygen atoms in total. The Labute approximate surface area is 227 Å². The molecule has 2 aromatic carbocycles. The van der Waals surface area contributed by atoms with Crippen LogP contribution in [0.5, 0.6) is 0 Å². The number of carboxylic acid groups (broad SMARTS) is 2. The van der Waals surface area contributed by atoms with Crippen LogP contribution < -0.4 is 10.2 Å². The first-order chi connectivity index (χ1) is 19.0. The molecule has 0 aromatic heterocycles. The Morgan fingerprint density at radius 3 is 2.02 bits per heavy atom. The molecule has 40 heavy (non-hydrogen) atoms. The van der Waals surface area contributed by atoms with Crippen molar-refractivity contribution in [3.63, 3.8) is 0 Å². The quantitative estimate of drug-likeness (QED) is 0.480. The molecule has 0 aliphatic carbocycles. The van der Waals surface area contributed by atoms with Crippen molar-refractivity contribution < 1.29 is 47.3 Å². The summed E-state index contributed by atoms with van der Waals surface area (Å²) in [5, 5.41) is 19.7. The van der Waals surface area contributed by atoms with E-state index in [0.29, 0.717) is 76.0 Å². The number of carboxylic acids is 2. The minimum Gasteiger partial charge on any atom is -0.478 e. The molecule has 2 aliphatic heterocycles. The van der Waals surface area contributed by atoms with Crippen LogP contribution in [0, 0.1) is 0 Å². The van der Waals surface area contributed by atoms with Crippen LogP contribution in [0.3, 0.4) is 0 Å². The maximum atomic E-state index is 12.5. The molecule has 216 valence electrons. The fraction of sp³-hybridized carbons (Fsp3) is 0.385. The van der Waals surface area contributed by atoms with Crippen molar-refractivity contribution in [1.29, 1.82) is 0 Å². The molecule has 0 radical (unpaired) electrons. The lowest BCUT2D eigenvalue weighted by Crippen LogP contribution is -2.51. The summed E-state index contributed by atoms with van der Waals surface area (Å²) < 4.78 is 37.0. The number of anilines is 2. The molecular weight excluding hydrogens is 537 g/mol. The third kappa shape index (κ3) is 8.68. The fourth-order valence-corrected chi connectivity index (χ4v) is 4.10. The topological polar surface area (TPSA) is 140 Å². The molecule has 2 fully saturated rings. The zero-order valence-corrected chi connectivity index (χ0v) is 21.4. The summed E-state index contributed by atoms with van der Waals surface area (Å²) in [6, 6.07) is 13.7. The Balaban J connectivity index is 0.000000559. The number of aliphatic carboxylic acids is 1. The molecular formula is C26H29F3N4O7. The lowest BCUT2D eigenvalue weighted by atomic mass is 10.1. The predicted molar refractivity (Wildman–Crippen MR) is 138 cm³/mol. The van der Waals surface area contributed by atoms with Gasteiger partial charge in [-0.15, -0.1) is 0 Å². The summed E-state index contributed by atoms with van der Waals surface area (Å²) in [5.41, 5.74) is 1.68. The summed E-state index contributed by atoms with van der Waals surface area (Å²) >= 11 is 0. The zero-order chi connectivity index (χ0) is 29.3. The van der Waals surface area contributed by atoms with E-state index in [1.807, 2.05) is 15.9 Å². The van der Waals surface area contributed by atoms with Crippen LogP contribution in [-0.2, 0) is 14.3 Å². The summed E-state index contributed by atoms with van der Waals surface area (Å²) in [4.78, 5) is 51.7. The van der Waals surface area contributed by atoms with Gasteiger partial charge in [-0.05, 0) is 30.3 Å². The molecule has 4 rings (SSSR count). The van der Waals surface area contributed by atoms with Gasteiger partial charge in [0.2, 0.25) is 5.91 Å². The van der Waals surface area contributed by atoms with Crippen LogP contribution in [0.25, 0.3) is 0 Å². The first kappa shape index (κ1) is 30.4. The number of aromatic carboxylic acids is 1. The van der Waals surface area contributed by atoms with Crippen molar-refractivity contribution in [3.05, 3.63) is 59.7 Å². The predicted octanol–water partition coefficient (Wildman–Crippen LogP) is 2.25. The summed E-state index contributed by atoms with van der Waals surface area (Å²) in [6.45, 7) is 5.37. The smallest absolute Gasteiger partial charge is 0.478 e. The molecule has 2 amide bonds. The molecule has 0 spiro atoms. The average molecular weight is 567 g/mol. The normalized spacial score (nSPS) is 16.0. The van der Waals surface area contributed by atoms with Crippen LogP contribution in [0.2, 0.25) is 0 Å². The number of rotatable bonds is 6. The third-order valence-electron chi connectivity index (χ3n) is 6.20. The highest BCUT2D eigenvalue weighted by Crippen LogP contribution is 2.26. The second kappa shape index (κ2) is 13.8. The van der Waals surface area contributed by atoms with E-state index in [1.165, 1.54) is 6.07 Å². The molecule has 0 unspecified atom stereocenters. The molecule has 14 heteroatoms. The Morgan fingerprint density at radius 1 is 0.875 bits per heavy atom. The average Bonchev–Trinajstić information content (AvgIpc) is 2.94. The van der Waals surface area contributed by atoms with E-state index in [2.05, 4.69) is 10.2 Å². The van der Waals surface area contributed by atoms with Crippen LogP contribution in [0.1, 0.15) is 20.7 Å². The monoisotopic (exact) mass is 566 g/mol. The van der Waals surface area contributed by atoms with Crippen molar-refractivity contribution >= 4 is 35.1 Å². The second-order valence-electron chi connectivity index (χ2n) is 8.92. The number of hydrogen-bond donors (Lipinski definition) is 3. The van der Waals surface area contributed by atoms with Gasteiger partial charge < -0.3 is 30.1 Å². The maximum absolute atomic E-state index is 12.5. The molecule has 2 heterocycles. The van der Waals surface area contributed by atoms with E-state index in [1.54, 1.807) is 36.4 Å². The highest BCUT2D eigenvalue weighted by Gasteiger charge is 2.38. The van der Waals surface area contributed by atoms with E-state index < -0.39 is 18.1 Å². The van der Waals surface area contributed by atoms with E-state index in [9.17, 15) is 32.7 Å². The highest BCUT2D eigenvalue weighted by molar-refractivity contribution is 6.05. The highest BCUT2D eigenvalue weighted by atomic mass is 19.4. The number of piperazine rings is 1. The van der Waals surface area contributed by atoms with Crippen molar-refractivity contribution in [2.75, 3.05) is 69.2 Å². The first-order valence-electron chi connectivity index (χ1n) is 12.3. The second-order valence-corrected chi connectivity index (χ2v) is 8.92. The van der Waals surface area contributed by atoms with Crippen molar-refractivity contribution in [1.82, 2.24) is 9.80 Å². The Bertz CT molecular complexity index is 1200. The Hall–Kier alpha value is -4.17. The van der Waals surface area contributed by atoms with Gasteiger partial charge in [0.15, 0.2) is 0 Å². The zero-order valence-electron chi connectivity index (χ0n) is 21.4. The van der Waals surface area contributed by atoms with Gasteiger partial charge >= 0.3 is 18.1 Å². The summed E-state index contributed by atoms with van der Waals surface area (Å²) in [7, 11) is 0. The van der Waals surface area contributed by atoms with Crippen molar-refractivity contribution in [3.8, 4) is 0 Å². The van der Waals surface area contributed by atoms with Crippen molar-refractivity contribution in [2.24, 2.45) is 0 Å². The molecule has 0 bridgehead atoms. The number of hydrogen-bond acceptors (Lipinski definition) is 7. The van der Waals surface area contributed by atoms with Crippen molar-refractivity contribution in [2.45, 2.75) is 6.18 Å². The lowest BCUT2D eigenvalue weighted by Gasteiger charge is -2.37. The molecule has 0 atom stereocenters. The number of ether oxygens (including phenoxy) is 1. The standard InChI is InChI=1S/C24H28N4O5.C2HF3O2/c29-22(28-12-14-33-15-13-28)17-26-8-10-27(11-9-26)21-7-6-19(16-20(21)24(31)32)25-23(30)18-4-2-1-3-5-18;3-2(4,5)1(6)7/h1-7,16H,8-15,17H2,(H,25,30)(H,31,32);(H,6,7). The van der Waals surface area contributed by atoms with Gasteiger partial charge in [0, 0.05) is 50.5 Å². The van der Waals surface area contributed by atoms with Crippen LogP contribution in [0.15, 0.2) is 48.5 Å². The van der Waals surface area contributed by atoms with Gasteiger partial charge in [-0.1, -0.05) is 18.2 Å². The fourth-order valence-electron chi connectivity index (χ4n) is 4.10. The number of nitrogens with one attached hydrogen (secondary N) is 1. The van der Waals surface area contributed by atoms with E-state index in [4.69, 9.17) is 14.6 Å². The number of carbonyl (C=O) groups is 4. The number of morpholine rings is 1. The summed E-state index contributed by atoms with van der Waals surface area (Å²) in [6.07, 6.45) is -5.08. The van der Waals surface area contributed by atoms with Gasteiger partial charge in [0.1, 0.15) is 0 Å². The maximum Gasteiger partial charge on any atom is 0.490 e. The number of alkyl halides is 3. The van der Waals surface area contributed by atoms with Gasteiger partial charge in [0.05, 0.1) is 31.0 Å². The summed E-state index contributed by atoms with van der Waals surface area (Å²) in [5.74, 6) is -3.99. The minimum atomic E-state index is -5.08. The van der Waals surface area contributed by atoms with Gasteiger partial charge in [-0.25, -0.2) is 9.59 Å². The number of benzene rings is 2. The van der Waals surface area contributed by atoms with Crippen LogP contribution in [0.4, 0.5) is 24.5 Å². The molecule has 2 aromatic rings. The third-order valence-corrected chi connectivity index (χ3v) is 6.20. The number of halogens is 3. The first-order valence-corrected chi connectivity index (χ1v) is 12.3. The van der Waals surface area contributed by atoms with Gasteiger partial charge in [-0.2, -0.15) is 13.2 Å². The molecule has 2 aliphatic rings. The van der Waals surface area contributed by atoms with Crippen LogP contribution in [-0.4, -0.2) is 109 Å². The Morgan fingerprint density at radius 2 is 1.48 bits per heavy atom. The molecule has 3 N–H and O–H groups in total. The number of carbonyl (C=O) groups excluding carboxylic acids is 2. The lowest BCUT2D eigenvalue weighted by molar-refractivity contribution is -0.192. The van der Waals surface area contributed by atoms with Gasteiger partial charge in [0.25, 0.3) is 5.91 Å². The SMILES string of the molecule is O=C(Nc1ccc(N2CCN(CC(=O)N3CCOCC3)CC2)c(C(=O)O)c1)c1ccccc1.O=C(O)C(F)(F)F. The number of nitrogens with zero attached hydrogens (tertiary/aromatic N) is 3. The largest absolute Gasteiger partial charge is 0.490 e. The van der Waals surface area contributed by atoms with Crippen LogP contribution >= 0.6 is 0 Å². The van der Waals surface area contributed by atoms with Gasteiger partial charge in [-0.3, -0.25) is 14.5 Å². The van der Waals surface area contributed by atoms with E-state index in [0.717, 1.165) is 0 Å². The number of amides is 2. The van der Waals surface area contributed by atoms with E-state index in [-0.39, 0.29) is 17.4 Å². The Kier molecular flexibility index (Phi) is 10.4.